The van der Waals surface area contributed by atoms with Crippen LogP contribution in [0.2, 0.25) is 0 Å². The van der Waals surface area contributed by atoms with E-state index in [1.54, 1.807) is 27.2 Å². The number of methoxy groups -OCH3 is 1. The first-order valence-corrected chi connectivity index (χ1v) is 13.4. The zero-order valence-corrected chi connectivity index (χ0v) is 23.1. The third kappa shape index (κ3) is 7.83. The number of hydrogen-bond acceptors (Lipinski definition) is 7. The van der Waals surface area contributed by atoms with Crippen molar-refractivity contribution in [2.24, 2.45) is 16.6 Å². The van der Waals surface area contributed by atoms with Gasteiger partial charge in [0.15, 0.2) is 11.5 Å². The lowest BCUT2D eigenvalue weighted by atomic mass is 10.1. The number of hydrogen-bond donors (Lipinski definition) is 2. The maximum atomic E-state index is 12.7. The average Bonchev–Trinajstić information content (AvgIpc) is 3.80. The summed E-state index contributed by atoms with van der Waals surface area (Å²) in [5.74, 6) is 1.42. The molecule has 9 nitrogen and oxygen atoms in total. The predicted molar refractivity (Wildman–Crippen MR) is 151 cm³/mol. The quantitative estimate of drug-likeness (QED) is 0.430. The molecule has 1 saturated heterocycles. The van der Waals surface area contributed by atoms with Crippen molar-refractivity contribution in [2.75, 3.05) is 40.3 Å². The van der Waals surface area contributed by atoms with Gasteiger partial charge in [-0.2, -0.15) is 0 Å². The van der Waals surface area contributed by atoms with Gasteiger partial charge in [0.25, 0.3) is 5.91 Å². The molecule has 0 atom stereocenters. The van der Waals surface area contributed by atoms with E-state index in [2.05, 4.69) is 27.3 Å². The predicted octanol–water partition coefficient (Wildman–Crippen LogP) is 2.88. The highest BCUT2D eigenvalue weighted by molar-refractivity contribution is 6.43. The van der Waals surface area contributed by atoms with Gasteiger partial charge >= 0.3 is 0 Å². The third-order valence-corrected chi connectivity index (χ3v) is 7.14. The summed E-state index contributed by atoms with van der Waals surface area (Å²) in [6.07, 6.45) is 3.80. The topological polar surface area (TPSA) is 109 Å². The molecule has 1 aliphatic heterocycles. The second kappa shape index (κ2) is 13.3. The van der Waals surface area contributed by atoms with Crippen LogP contribution in [0.15, 0.2) is 59.2 Å². The molecule has 0 bridgehead atoms. The van der Waals surface area contributed by atoms with Gasteiger partial charge in [-0.05, 0) is 42.0 Å². The van der Waals surface area contributed by atoms with Crippen molar-refractivity contribution < 1.29 is 19.1 Å². The van der Waals surface area contributed by atoms with E-state index >= 15 is 0 Å². The first-order chi connectivity index (χ1) is 18.9. The molecule has 1 heterocycles. The summed E-state index contributed by atoms with van der Waals surface area (Å²) in [5.41, 5.74) is 10.2. The number of nitrogens with one attached hydrogen (secondary N) is 1. The summed E-state index contributed by atoms with van der Waals surface area (Å²) in [7, 11) is 3.18. The van der Waals surface area contributed by atoms with Crippen LogP contribution in [0.5, 0.6) is 11.5 Å². The first kappa shape index (κ1) is 28.2. The number of carbonyl (C=O) groups is 2. The van der Waals surface area contributed by atoms with Crippen molar-refractivity contribution >= 4 is 17.5 Å². The van der Waals surface area contributed by atoms with Gasteiger partial charge in [0.2, 0.25) is 5.91 Å². The van der Waals surface area contributed by atoms with Crippen molar-refractivity contribution in [1.29, 1.82) is 0 Å². The van der Waals surface area contributed by atoms with Crippen molar-refractivity contribution in [3.63, 3.8) is 0 Å². The Bertz CT molecular complexity index is 1230. The monoisotopic (exact) mass is 533 g/mol. The molecule has 1 aliphatic carbocycles. The fraction of sp³-hybridized carbons (Fsp3) is 0.433. The number of rotatable bonds is 11. The standard InChI is InChI=1S/C30H39N5O4/c1-21(36)35-14-12-34(13-15-35)19-22-6-4-7-23(16-22)20-39-28-9-5-8-25(29(28)38-3)18-33-30(37)27(32-2)17-26(31)24-10-11-24/h4-9,16-17,24H,10-15,18-20,31H2,1-3H3,(H,33,37). The van der Waals surface area contributed by atoms with Crippen molar-refractivity contribution in [2.45, 2.75) is 39.5 Å². The lowest BCUT2D eigenvalue weighted by Crippen LogP contribution is -2.47. The minimum absolute atomic E-state index is 0.140. The number of amides is 2. The molecule has 0 unspecified atom stereocenters. The van der Waals surface area contributed by atoms with Gasteiger partial charge in [0, 0.05) is 64.5 Å². The number of aliphatic imine (C=N–C) groups is 1. The molecule has 208 valence electrons. The SMILES string of the molecule is CN=C(C=C(N)C1CC1)C(=O)NCc1cccc(OCc2cccc(CN3CCN(C(C)=O)CC3)c2)c1OC. The lowest BCUT2D eigenvalue weighted by molar-refractivity contribution is -0.130. The number of nitrogens with two attached hydrogens (primary N) is 1. The molecule has 9 heteroatoms. The van der Waals surface area contributed by atoms with Crippen LogP contribution < -0.4 is 20.5 Å². The molecule has 4 rings (SSSR count). The minimum Gasteiger partial charge on any atom is -0.493 e. The Morgan fingerprint density at radius 2 is 1.82 bits per heavy atom. The number of carbonyl (C=O) groups excluding carboxylic acids is 2. The molecular formula is C30H39N5O4. The Balaban J connectivity index is 1.34. The number of benzene rings is 2. The van der Waals surface area contributed by atoms with E-state index in [1.807, 2.05) is 35.2 Å². The van der Waals surface area contributed by atoms with Gasteiger partial charge < -0.3 is 25.4 Å². The van der Waals surface area contributed by atoms with Gasteiger partial charge in [-0.15, -0.1) is 0 Å². The van der Waals surface area contributed by atoms with Gasteiger partial charge in [0.05, 0.1) is 7.11 Å². The van der Waals surface area contributed by atoms with Crippen LogP contribution in [-0.4, -0.2) is 67.7 Å². The lowest BCUT2D eigenvalue weighted by Gasteiger charge is -2.34. The molecule has 0 aromatic heterocycles. The summed E-state index contributed by atoms with van der Waals surface area (Å²) in [4.78, 5) is 32.7. The van der Waals surface area contributed by atoms with E-state index in [9.17, 15) is 9.59 Å². The second-order valence-electron chi connectivity index (χ2n) is 10.0. The molecule has 2 fully saturated rings. The molecule has 1 saturated carbocycles. The Labute approximate surface area is 230 Å². The number of nitrogens with zero attached hydrogens (tertiary/aromatic N) is 3. The fourth-order valence-corrected chi connectivity index (χ4v) is 4.69. The Morgan fingerprint density at radius 3 is 2.49 bits per heavy atom. The van der Waals surface area contributed by atoms with Crippen LogP contribution in [0.1, 0.15) is 36.5 Å². The molecule has 3 N–H and O–H groups in total. The molecular weight excluding hydrogens is 494 g/mol. The zero-order chi connectivity index (χ0) is 27.8. The summed E-state index contributed by atoms with van der Waals surface area (Å²) in [5, 5.41) is 2.91. The number of piperazine rings is 1. The second-order valence-corrected chi connectivity index (χ2v) is 10.0. The fourth-order valence-electron chi connectivity index (χ4n) is 4.69. The van der Waals surface area contributed by atoms with Gasteiger partial charge in [-0.1, -0.05) is 36.4 Å². The molecule has 2 aliphatic rings. The maximum Gasteiger partial charge on any atom is 0.269 e. The Morgan fingerprint density at radius 1 is 1.10 bits per heavy atom. The van der Waals surface area contributed by atoms with Crippen molar-refractivity contribution in [3.8, 4) is 11.5 Å². The van der Waals surface area contributed by atoms with Gasteiger partial charge in [-0.25, -0.2) is 0 Å². The molecule has 39 heavy (non-hydrogen) atoms. The van der Waals surface area contributed by atoms with E-state index in [0.29, 0.717) is 35.4 Å². The van der Waals surface area contributed by atoms with E-state index in [1.165, 1.54) is 5.56 Å². The number of ether oxygens (including phenoxy) is 2. The average molecular weight is 534 g/mol. The van der Waals surface area contributed by atoms with Crippen molar-refractivity contribution in [1.82, 2.24) is 15.1 Å². The number of para-hydroxylation sites is 1. The van der Waals surface area contributed by atoms with Crippen LogP contribution in [0, 0.1) is 5.92 Å². The number of allylic oxidation sites excluding steroid dienone is 1. The van der Waals surface area contributed by atoms with Crippen LogP contribution in [0.25, 0.3) is 0 Å². The van der Waals surface area contributed by atoms with Gasteiger partial charge in [0.1, 0.15) is 12.3 Å². The Kier molecular flexibility index (Phi) is 9.59. The van der Waals surface area contributed by atoms with Crippen molar-refractivity contribution in [3.05, 3.63) is 70.9 Å². The largest absolute Gasteiger partial charge is 0.493 e. The van der Waals surface area contributed by atoms with E-state index in [-0.39, 0.29) is 18.4 Å². The van der Waals surface area contributed by atoms with Crippen LogP contribution in [0.4, 0.5) is 0 Å². The van der Waals surface area contributed by atoms with E-state index in [0.717, 1.165) is 56.7 Å². The zero-order valence-electron chi connectivity index (χ0n) is 23.1. The molecule has 2 aromatic carbocycles. The summed E-state index contributed by atoms with van der Waals surface area (Å²) >= 11 is 0. The van der Waals surface area contributed by atoms with Crippen LogP contribution >= 0.6 is 0 Å². The summed E-state index contributed by atoms with van der Waals surface area (Å²) in [6.45, 7) is 6.40. The van der Waals surface area contributed by atoms with Gasteiger partial charge in [-0.3, -0.25) is 19.5 Å². The Hall–Kier alpha value is -3.85. The van der Waals surface area contributed by atoms with Crippen LogP contribution in [0.3, 0.4) is 0 Å². The maximum absolute atomic E-state index is 12.7. The highest BCUT2D eigenvalue weighted by Gasteiger charge is 2.25. The van der Waals surface area contributed by atoms with E-state index in [4.69, 9.17) is 15.2 Å². The molecule has 2 amide bonds. The molecule has 0 spiro atoms. The normalized spacial score (nSPS) is 16.6. The highest BCUT2D eigenvalue weighted by Crippen LogP contribution is 2.34. The minimum atomic E-state index is -0.283. The first-order valence-electron chi connectivity index (χ1n) is 13.4. The summed E-state index contributed by atoms with van der Waals surface area (Å²) < 4.78 is 11.8. The van der Waals surface area contributed by atoms with E-state index < -0.39 is 0 Å². The summed E-state index contributed by atoms with van der Waals surface area (Å²) in [6, 6.07) is 14.0. The molecule has 2 aromatic rings. The third-order valence-electron chi connectivity index (χ3n) is 7.14. The highest BCUT2D eigenvalue weighted by atomic mass is 16.5. The smallest absolute Gasteiger partial charge is 0.269 e. The van der Waals surface area contributed by atoms with Crippen LogP contribution in [-0.2, 0) is 29.3 Å². The molecule has 0 radical (unpaired) electrons.